The standard InChI is InChI=1S/C16H14FNO2/c1-9-3-2-4-10-7-14(20-16(9)10)15(19)12-8-11(17)5-6-13(12)18/h2-8,15,19H,18H2,1H3. The van der Waals surface area contributed by atoms with Crippen LogP contribution in [-0.4, -0.2) is 5.11 Å². The number of anilines is 1. The molecule has 0 aliphatic carbocycles. The molecule has 0 radical (unpaired) electrons. The van der Waals surface area contributed by atoms with E-state index in [0.29, 0.717) is 17.0 Å². The van der Waals surface area contributed by atoms with Gasteiger partial charge in [-0.25, -0.2) is 4.39 Å². The summed E-state index contributed by atoms with van der Waals surface area (Å²) in [4.78, 5) is 0. The molecule has 0 saturated heterocycles. The van der Waals surface area contributed by atoms with Gasteiger partial charge in [0.05, 0.1) is 0 Å². The number of halogens is 1. The lowest BCUT2D eigenvalue weighted by molar-refractivity contribution is 0.192. The molecule has 0 spiro atoms. The van der Waals surface area contributed by atoms with Gasteiger partial charge in [-0.2, -0.15) is 0 Å². The van der Waals surface area contributed by atoms with Crippen LogP contribution in [0.4, 0.5) is 10.1 Å². The zero-order valence-corrected chi connectivity index (χ0v) is 10.9. The van der Waals surface area contributed by atoms with Gasteiger partial charge in [0.2, 0.25) is 0 Å². The molecule has 102 valence electrons. The van der Waals surface area contributed by atoms with Crippen LogP contribution in [0, 0.1) is 12.7 Å². The van der Waals surface area contributed by atoms with E-state index in [1.807, 2.05) is 25.1 Å². The number of nitrogens with two attached hydrogens (primary N) is 1. The van der Waals surface area contributed by atoms with Crippen molar-refractivity contribution in [3.05, 3.63) is 65.2 Å². The van der Waals surface area contributed by atoms with Gasteiger partial charge >= 0.3 is 0 Å². The largest absolute Gasteiger partial charge is 0.458 e. The highest BCUT2D eigenvalue weighted by atomic mass is 19.1. The molecule has 0 saturated carbocycles. The summed E-state index contributed by atoms with van der Waals surface area (Å²) in [7, 11) is 0. The number of rotatable bonds is 2. The normalized spacial score (nSPS) is 12.8. The fourth-order valence-electron chi connectivity index (χ4n) is 2.30. The van der Waals surface area contributed by atoms with Crippen LogP contribution >= 0.6 is 0 Å². The summed E-state index contributed by atoms with van der Waals surface area (Å²) in [6.45, 7) is 1.93. The van der Waals surface area contributed by atoms with Crippen LogP contribution in [0.5, 0.6) is 0 Å². The third-order valence-corrected chi connectivity index (χ3v) is 3.37. The molecule has 2 aromatic carbocycles. The number of aliphatic hydroxyl groups is 1. The Morgan fingerprint density at radius 1 is 1.20 bits per heavy atom. The highest BCUT2D eigenvalue weighted by molar-refractivity contribution is 5.81. The lowest BCUT2D eigenvalue weighted by atomic mass is 10.0. The molecule has 3 nitrogen and oxygen atoms in total. The number of para-hydroxylation sites is 1. The molecule has 4 heteroatoms. The molecule has 20 heavy (non-hydrogen) atoms. The number of benzene rings is 2. The van der Waals surface area contributed by atoms with E-state index in [2.05, 4.69) is 0 Å². The molecule has 1 aromatic heterocycles. The molecule has 0 aliphatic heterocycles. The summed E-state index contributed by atoms with van der Waals surface area (Å²) >= 11 is 0. The summed E-state index contributed by atoms with van der Waals surface area (Å²) < 4.78 is 19.0. The lowest BCUT2D eigenvalue weighted by Crippen LogP contribution is -2.03. The highest BCUT2D eigenvalue weighted by Gasteiger charge is 2.19. The van der Waals surface area contributed by atoms with E-state index in [9.17, 15) is 9.50 Å². The van der Waals surface area contributed by atoms with Crippen molar-refractivity contribution in [3.63, 3.8) is 0 Å². The maximum atomic E-state index is 13.3. The van der Waals surface area contributed by atoms with Crippen LogP contribution in [-0.2, 0) is 0 Å². The smallest absolute Gasteiger partial charge is 0.139 e. The van der Waals surface area contributed by atoms with Crippen molar-refractivity contribution in [2.75, 3.05) is 5.73 Å². The minimum absolute atomic E-state index is 0.307. The number of fused-ring (bicyclic) bond motifs is 1. The monoisotopic (exact) mass is 271 g/mol. The van der Waals surface area contributed by atoms with Crippen LogP contribution in [0.3, 0.4) is 0 Å². The third-order valence-electron chi connectivity index (χ3n) is 3.37. The molecule has 1 unspecified atom stereocenters. The van der Waals surface area contributed by atoms with Crippen molar-refractivity contribution in [1.29, 1.82) is 0 Å². The fourth-order valence-corrected chi connectivity index (χ4v) is 2.30. The van der Waals surface area contributed by atoms with Crippen LogP contribution in [0.25, 0.3) is 11.0 Å². The Hall–Kier alpha value is -2.33. The van der Waals surface area contributed by atoms with E-state index in [-0.39, 0.29) is 0 Å². The van der Waals surface area contributed by atoms with Crippen molar-refractivity contribution < 1.29 is 13.9 Å². The topological polar surface area (TPSA) is 59.4 Å². The number of hydrogen-bond donors (Lipinski definition) is 2. The van der Waals surface area contributed by atoms with Gasteiger partial charge < -0.3 is 15.3 Å². The first-order chi connectivity index (χ1) is 9.56. The number of aliphatic hydroxyl groups excluding tert-OH is 1. The van der Waals surface area contributed by atoms with Crippen LogP contribution < -0.4 is 5.73 Å². The molecule has 1 heterocycles. The van der Waals surface area contributed by atoms with Gasteiger partial charge in [-0.15, -0.1) is 0 Å². The van der Waals surface area contributed by atoms with Crippen molar-refractivity contribution in [3.8, 4) is 0 Å². The van der Waals surface area contributed by atoms with Crippen molar-refractivity contribution in [2.45, 2.75) is 13.0 Å². The van der Waals surface area contributed by atoms with Gasteiger partial charge in [-0.1, -0.05) is 18.2 Å². The summed E-state index contributed by atoms with van der Waals surface area (Å²) in [5, 5.41) is 11.2. The Morgan fingerprint density at radius 3 is 2.75 bits per heavy atom. The maximum Gasteiger partial charge on any atom is 0.139 e. The lowest BCUT2D eigenvalue weighted by Gasteiger charge is -2.11. The number of nitrogen functional groups attached to an aromatic ring is 1. The predicted molar refractivity (Wildman–Crippen MR) is 75.8 cm³/mol. The first-order valence-corrected chi connectivity index (χ1v) is 6.28. The molecule has 0 fully saturated rings. The van der Waals surface area contributed by atoms with Gasteiger partial charge in [-0.3, -0.25) is 0 Å². The Morgan fingerprint density at radius 2 is 2.00 bits per heavy atom. The number of furan rings is 1. The first-order valence-electron chi connectivity index (χ1n) is 6.28. The minimum atomic E-state index is -1.09. The molecule has 0 aliphatic rings. The van der Waals surface area contributed by atoms with Gasteiger partial charge in [0.1, 0.15) is 23.3 Å². The predicted octanol–water partition coefficient (Wildman–Crippen LogP) is 3.54. The van der Waals surface area contributed by atoms with E-state index < -0.39 is 11.9 Å². The van der Waals surface area contributed by atoms with Crippen LogP contribution in [0.15, 0.2) is 46.9 Å². The summed E-state index contributed by atoms with van der Waals surface area (Å²) in [5.41, 5.74) is 8.12. The zero-order chi connectivity index (χ0) is 14.3. The van der Waals surface area contributed by atoms with Gasteiger partial charge in [0.15, 0.2) is 0 Å². The van der Waals surface area contributed by atoms with Crippen molar-refractivity contribution in [1.82, 2.24) is 0 Å². The SMILES string of the molecule is Cc1cccc2cc(C(O)c3cc(F)ccc3N)oc12. The molecule has 0 bridgehead atoms. The fraction of sp³-hybridized carbons (Fsp3) is 0.125. The van der Waals surface area contributed by atoms with E-state index in [0.717, 1.165) is 16.5 Å². The third kappa shape index (κ3) is 2.04. The second-order valence-corrected chi connectivity index (χ2v) is 4.82. The highest BCUT2D eigenvalue weighted by Crippen LogP contribution is 2.32. The molecule has 0 amide bonds. The maximum absolute atomic E-state index is 13.3. The Balaban J connectivity index is 2.10. The summed E-state index contributed by atoms with van der Waals surface area (Å²) in [5.74, 6) is -0.0906. The van der Waals surface area contributed by atoms with E-state index in [4.69, 9.17) is 10.2 Å². The van der Waals surface area contributed by atoms with E-state index in [1.54, 1.807) is 6.07 Å². The zero-order valence-electron chi connectivity index (χ0n) is 10.9. The Kier molecular flexibility index (Phi) is 2.95. The van der Waals surface area contributed by atoms with Crippen LogP contribution in [0.1, 0.15) is 23.0 Å². The number of aryl methyl sites for hydroxylation is 1. The molecule has 3 rings (SSSR count). The van der Waals surface area contributed by atoms with Gasteiger partial charge in [0, 0.05) is 16.6 Å². The van der Waals surface area contributed by atoms with E-state index >= 15 is 0 Å². The Bertz CT molecular complexity index is 779. The van der Waals surface area contributed by atoms with Crippen molar-refractivity contribution in [2.24, 2.45) is 0 Å². The van der Waals surface area contributed by atoms with E-state index in [1.165, 1.54) is 18.2 Å². The van der Waals surface area contributed by atoms with Crippen LogP contribution in [0.2, 0.25) is 0 Å². The summed E-state index contributed by atoms with van der Waals surface area (Å²) in [6, 6.07) is 11.4. The second-order valence-electron chi connectivity index (χ2n) is 4.82. The van der Waals surface area contributed by atoms with Gasteiger partial charge in [-0.05, 0) is 36.8 Å². The Labute approximate surface area is 115 Å². The molecular formula is C16H14FNO2. The van der Waals surface area contributed by atoms with Crippen molar-refractivity contribution >= 4 is 16.7 Å². The average molecular weight is 271 g/mol. The second kappa shape index (κ2) is 4.65. The molecular weight excluding hydrogens is 257 g/mol. The molecule has 1 atom stereocenters. The molecule has 3 N–H and O–H groups in total. The average Bonchev–Trinajstić information content (AvgIpc) is 2.86. The van der Waals surface area contributed by atoms with Gasteiger partial charge in [0.25, 0.3) is 0 Å². The quantitative estimate of drug-likeness (QED) is 0.701. The number of hydrogen-bond acceptors (Lipinski definition) is 3. The first kappa shape index (κ1) is 12.7. The minimum Gasteiger partial charge on any atom is -0.458 e. The molecule has 3 aromatic rings. The summed E-state index contributed by atoms with van der Waals surface area (Å²) in [6.07, 6.45) is -1.09.